The molecule has 0 N–H and O–H groups in total. The number of carbonyl (C=O) groups excluding carboxylic acids is 2. The lowest BCUT2D eigenvalue weighted by Gasteiger charge is -2.23. The fourth-order valence-corrected chi connectivity index (χ4v) is 1.85. The lowest BCUT2D eigenvalue weighted by Crippen LogP contribution is -2.42. The van der Waals surface area contributed by atoms with Crippen LogP contribution in [0.3, 0.4) is 0 Å². The molecule has 0 unspecified atom stereocenters. The summed E-state index contributed by atoms with van der Waals surface area (Å²) in [6.45, 7) is 2.02. The fraction of sp³-hybridized carbons (Fsp3) is 0.500. The molecule has 8 heteroatoms. The molecule has 0 aromatic heterocycles. The van der Waals surface area contributed by atoms with Gasteiger partial charge in [-0.1, -0.05) is 12.1 Å². The number of hydrogen-bond acceptors (Lipinski definition) is 4. The molecule has 0 heterocycles. The van der Waals surface area contributed by atoms with E-state index in [1.807, 2.05) is 0 Å². The van der Waals surface area contributed by atoms with Crippen molar-refractivity contribution in [2.45, 2.75) is 32.5 Å². The maximum Gasteiger partial charge on any atom is 0.422 e. The Labute approximate surface area is 138 Å². The van der Waals surface area contributed by atoms with Crippen molar-refractivity contribution in [3.8, 4) is 5.75 Å². The molecule has 5 nitrogen and oxygen atoms in total. The van der Waals surface area contributed by atoms with E-state index in [1.54, 1.807) is 19.9 Å². The van der Waals surface area contributed by atoms with E-state index in [4.69, 9.17) is 4.74 Å². The molecule has 0 bridgehead atoms. The van der Waals surface area contributed by atoms with Crippen molar-refractivity contribution in [2.24, 2.45) is 0 Å². The molecule has 0 aliphatic carbocycles. The van der Waals surface area contributed by atoms with Gasteiger partial charge in [0.15, 0.2) is 6.61 Å². The average Bonchev–Trinajstić information content (AvgIpc) is 2.51. The molecule has 1 amide bonds. The zero-order chi connectivity index (χ0) is 18.3. The predicted molar refractivity (Wildman–Crippen MR) is 80.6 cm³/mol. The molecule has 0 aliphatic rings. The molecule has 24 heavy (non-hydrogen) atoms. The smallest absolute Gasteiger partial charge is 0.422 e. The van der Waals surface area contributed by atoms with Crippen molar-refractivity contribution in [3.63, 3.8) is 0 Å². The van der Waals surface area contributed by atoms with Crippen LogP contribution in [0.15, 0.2) is 24.3 Å². The van der Waals surface area contributed by atoms with Gasteiger partial charge in [0.2, 0.25) is 5.91 Å². The third-order valence-corrected chi connectivity index (χ3v) is 3.26. The van der Waals surface area contributed by atoms with Crippen LogP contribution >= 0.6 is 0 Å². The summed E-state index contributed by atoms with van der Waals surface area (Å²) in [5, 5.41) is 0. The first-order chi connectivity index (χ1) is 11.1. The van der Waals surface area contributed by atoms with E-state index in [9.17, 15) is 22.8 Å². The highest BCUT2D eigenvalue weighted by atomic mass is 19.4. The number of halogens is 3. The first-order valence-electron chi connectivity index (χ1n) is 7.34. The molecule has 0 fully saturated rings. The van der Waals surface area contributed by atoms with E-state index in [0.29, 0.717) is 5.56 Å². The van der Waals surface area contributed by atoms with Gasteiger partial charge in [-0.2, -0.15) is 13.2 Å². The van der Waals surface area contributed by atoms with Crippen molar-refractivity contribution < 1.29 is 32.2 Å². The molecule has 1 aromatic rings. The highest BCUT2D eigenvalue weighted by Gasteiger charge is 2.28. The summed E-state index contributed by atoms with van der Waals surface area (Å²) >= 11 is 0. The molecule has 0 saturated heterocycles. The van der Waals surface area contributed by atoms with Crippen LogP contribution in [-0.2, 0) is 20.7 Å². The normalized spacial score (nSPS) is 12.4. The zero-order valence-electron chi connectivity index (χ0n) is 13.7. The van der Waals surface area contributed by atoms with Crippen LogP contribution in [0.1, 0.15) is 19.4 Å². The summed E-state index contributed by atoms with van der Waals surface area (Å²) in [5.41, 5.74) is 0.489. The Bertz CT molecular complexity index is 575. The van der Waals surface area contributed by atoms with Gasteiger partial charge in [0.25, 0.3) is 0 Å². The van der Waals surface area contributed by atoms with Gasteiger partial charge < -0.3 is 14.4 Å². The largest absolute Gasteiger partial charge is 0.484 e. The summed E-state index contributed by atoms with van der Waals surface area (Å²) in [6, 6.07) is 5.10. The molecule has 0 saturated carbocycles. The van der Waals surface area contributed by atoms with Gasteiger partial charge in [0.05, 0.1) is 13.0 Å². The Hall–Kier alpha value is -2.25. The lowest BCUT2D eigenvalue weighted by atomic mass is 10.1. The van der Waals surface area contributed by atoms with Crippen LogP contribution < -0.4 is 4.74 Å². The number of likely N-dealkylation sites (N-methyl/N-ethyl adjacent to an activating group) is 1. The van der Waals surface area contributed by atoms with E-state index in [1.165, 1.54) is 30.1 Å². The Balaban J connectivity index is 2.68. The Morgan fingerprint density at radius 2 is 1.96 bits per heavy atom. The number of rotatable bonds is 7. The fourth-order valence-electron chi connectivity index (χ4n) is 1.85. The van der Waals surface area contributed by atoms with Gasteiger partial charge in [-0.15, -0.1) is 0 Å². The van der Waals surface area contributed by atoms with Gasteiger partial charge in [0.1, 0.15) is 11.8 Å². The minimum atomic E-state index is -4.43. The maximum absolute atomic E-state index is 12.2. The topological polar surface area (TPSA) is 55.8 Å². The minimum Gasteiger partial charge on any atom is -0.484 e. The van der Waals surface area contributed by atoms with Gasteiger partial charge in [-0.3, -0.25) is 4.79 Å². The summed E-state index contributed by atoms with van der Waals surface area (Å²) < 4.78 is 46.0. The van der Waals surface area contributed by atoms with E-state index in [2.05, 4.69) is 4.74 Å². The second-order valence-corrected chi connectivity index (χ2v) is 5.16. The monoisotopic (exact) mass is 347 g/mol. The molecular formula is C16H20F3NO4. The summed E-state index contributed by atoms with van der Waals surface area (Å²) in [4.78, 5) is 25.1. The minimum absolute atomic E-state index is 0.0266. The SMILES string of the molecule is CCOC(=O)[C@@H](C)N(C)C(=O)Cc1cccc(OCC(F)(F)F)c1. The number of hydrogen-bond donors (Lipinski definition) is 0. The number of ether oxygens (including phenoxy) is 2. The van der Waals surface area contributed by atoms with Crippen molar-refractivity contribution in [1.29, 1.82) is 0 Å². The van der Waals surface area contributed by atoms with Gasteiger partial charge in [-0.05, 0) is 31.5 Å². The first-order valence-corrected chi connectivity index (χ1v) is 7.34. The van der Waals surface area contributed by atoms with Crippen molar-refractivity contribution in [1.82, 2.24) is 4.90 Å². The van der Waals surface area contributed by atoms with E-state index < -0.39 is 24.8 Å². The van der Waals surface area contributed by atoms with Crippen molar-refractivity contribution in [2.75, 3.05) is 20.3 Å². The van der Waals surface area contributed by atoms with E-state index in [0.717, 1.165) is 0 Å². The number of benzene rings is 1. The van der Waals surface area contributed by atoms with E-state index in [-0.39, 0.29) is 24.7 Å². The number of carbonyl (C=O) groups is 2. The second kappa shape index (κ2) is 8.56. The van der Waals surface area contributed by atoms with Crippen LogP contribution in [0.4, 0.5) is 13.2 Å². The van der Waals surface area contributed by atoms with Crippen molar-refractivity contribution >= 4 is 11.9 Å². The molecule has 0 aliphatic heterocycles. The van der Waals surface area contributed by atoms with Crippen molar-refractivity contribution in [3.05, 3.63) is 29.8 Å². The predicted octanol–water partition coefficient (Wildman–Crippen LogP) is 2.58. The van der Waals surface area contributed by atoms with Crippen LogP contribution in [0.5, 0.6) is 5.75 Å². The first kappa shape index (κ1) is 19.8. The van der Waals surface area contributed by atoms with Gasteiger partial charge in [0, 0.05) is 7.05 Å². The summed E-state index contributed by atoms with van der Waals surface area (Å²) in [7, 11) is 1.47. The van der Waals surface area contributed by atoms with Crippen LogP contribution in [0, 0.1) is 0 Å². The number of alkyl halides is 3. The zero-order valence-corrected chi connectivity index (χ0v) is 13.7. The summed E-state index contributed by atoms with van der Waals surface area (Å²) in [5.74, 6) is -0.849. The standard InChI is InChI=1S/C16H20F3NO4/c1-4-23-15(22)11(2)20(3)14(21)9-12-6-5-7-13(8-12)24-10-16(17,18)19/h5-8,11H,4,9-10H2,1-3H3/t11-/m1/s1. The number of esters is 1. The molecular weight excluding hydrogens is 327 g/mol. The molecule has 0 spiro atoms. The molecule has 1 rings (SSSR count). The quantitative estimate of drug-likeness (QED) is 0.712. The summed E-state index contributed by atoms with van der Waals surface area (Å²) in [6.07, 6.45) is -4.50. The molecule has 1 aromatic carbocycles. The third kappa shape index (κ3) is 6.47. The highest BCUT2D eigenvalue weighted by Crippen LogP contribution is 2.20. The van der Waals surface area contributed by atoms with E-state index >= 15 is 0 Å². The Kier molecular flexibility index (Phi) is 7.06. The number of amides is 1. The van der Waals surface area contributed by atoms with Gasteiger partial charge in [-0.25, -0.2) is 4.79 Å². The maximum atomic E-state index is 12.2. The number of nitrogens with zero attached hydrogens (tertiary/aromatic N) is 1. The van der Waals surface area contributed by atoms with Crippen LogP contribution in [-0.4, -0.2) is 49.3 Å². The van der Waals surface area contributed by atoms with Crippen LogP contribution in [0.25, 0.3) is 0 Å². The lowest BCUT2D eigenvalue weighted by molar-refractivity contribution is -0.153. The van der Waals surface area contributed by atoms with Gasteiger partial charge >= 0.3 is 12.1 Å². The molecule has 134 valence electrons. The molecule has 0 radical (unpaired) electrons. The molecule has 1 atom stereocenters. The van der Waals surface area contributed by atoms with Crippen LogP contribution in [0.2, 0.25) is 0 Å². The Morgan fingerprint density at radius 3 is 2.54 bits per heavy atom. The highest BCUT2D eigenvalue weighted by molar-refractivity contribution is 5.85. The Morgan fingerprint density at radius 1 is 1.29 bits per heavy atom. The second-order valence-electron chi connectivity index (χ2n) is 5.16. The third-order valence-electron chi connectivity index (χ3n) is 3.26. The average molecular weight is 347 g/mol.